The van der Waals surface area contributed by atoms with Crippen molar-refractivity contribution >= 4 is 5.82 Å². The van der Waals surface area contributed by atoms with Crippen molar-refractivity contribution in [3.8, 4) is 0 Å². The van der Waals surface area contributed by atoms with E-state index in [2.05, 4.69) is 55.1 Å². The fourth-order valence-corrected chi connectivity index (χ4v) is 5.31. The van der Waals surface area contributed by atoms with E-state index in [0.717, 1.165) is 38.3 Å². The molecule has 1 spiro atoms. The number of rotatable bonds is 4. The highest BCUT2D eigenvalue weighted by molar-refractivity contribution is 5.46. The third-order valence-corrected chi connectivity index (χ3v) is 6.80. The van der Waals surface area contributed by atoms with Gasteiger partial charge in [0.05, 0.1) is 18.5 Å². The SMILES string of the molecule is CNc1ncccc1CN1CCC2(CC1)c1ccccc1[C@@H](n1ccnc1)[C@@H]2O. The second-order valence-electron chi connectivity index (χ2n) is 8.18. The number of imidazole rings is 1. The van der Waals surface area contributed by atoms with E-state index in [9.17, 15) is 5.11 Å². The molecule has 2 aromatic heterocycles. The van der Waals surface area contributed by atoms with E-state index in [-0.39, 0.29) is 11.5 Å². The average molecular weight is 390 g/mol. The normalized spacial score (nSPS) is 23.2. The van der Waals surface area contributed by atoms with Crippen LogP contribution in [0.15, 0.2) is 61.3 Å². The van der Waals surface area contributed by atoms with Gasteiger partial charge in [-0.25, -0.2) is 9.97 Å². The van der Waals surface area contributed by atoms with E-state index in [0.29, 0.717) is 0 Å². The number of hydrogen-bond donors (Lipinski definition) is 2. The second kappa shape index (κ2) is 7.28. The molecule has 1 fully saturated rings. The van der Waals surface area contributed by atoms with Gasteiger partial charge in [0, 0.05) is 43.2 Å². The van der Waals surface area contributed by atoms with Crippen molar-refractivity contribution in [2.75, 3.05) is 25.5 Å². The van der Waals surface area contributed by atoms with E-state index in [1.54, 1.807) is 6.20 Å². The molecule has 1 aromatic carbocycles. The molecule has 6 nitrogen and oxygen atoms in total. The van der Waals surface area contributed by atoms with E-state index in [1.807, 2.05) is 31.8 Å². The van der Waals surface area contributed by atoms with Crippen LogP contribution < -0.4 is 5.32 Å². The zero-order chi connectivity index (χ0) is 19.8. The van der Waals surface area contributed by atoms with Gasteiger partial charge in [0.25, 0.3) is 0 Å². The Morgan fingerprint density at radius 2 is 1.97 bits per heavy atom. The maximum absolute atomic E-state index is 11.5. The first-order chi connectivity index (χ1) is 14.2. The Balaban J connectivity index is 1.40. The topological polar surface area (TPSA) is 66.2 Å². The van der Waals surface area contributed by atoms with Gasteiger partial charge in [0.1, 0.15) is 5.82 Å². The highest BCUT2D eigenvalue weighted by Crippen LogP contribution is 2.52. The van der Waals surface area contributed by atoms with Gasteiger partial charge in [0.15, 0.2) is 0 Å². The summed E-state index contributed by atoms with van der Waals surface area (Å²) < 4.78 is 2.06. The lowest BCUT2D eigenvalue weighted by atomic mass is 9.72. The van der Waals surface area contributed by atoms with Crippen LogP contribution in [0.2, 0.25) is 0 Å². The molecule has 0 unspecified atom stereocenters. The van der Waals surface area contributed by atoms with Crippen molar-refractivity contribution in [1.29, 1.82) is 0 Å². The summed E-state index contributed by atoms with van der Waals surface area (Å²) in [5.41, 5.74) is 3.57. The first kappa shape index (κ1) is 18.3. The van der Waals surface area contributed by atoms with Crippen LogP contribution in [-0.4, -0.2) is 50.8 Å². The van der Waals surface area contributed by atoms with Gasteiger partial charge in [-0.2, -0.15) is 0 Å². The molecule has 0 radical (unpaired) electrons. The van der Waals surface area contributed by atoms with Gasteiger partial charge < -0.3 is 15.0 Å². The highest BCUT2D eigenvalue weighted by Gasteiger charge is 2.53. The molecule has 3 aromatic rings. The largest absolute Gasteiger partial charge is 0.390 e. The standard InChI is InChI=1S/C23H27N5O/c1-24-22-17(5-4-10-26-22)15-27-12-8-23(9-13-27)19-7-3-2-6-18(19)20(21(23)29)28-14-11-25-16-28/h2-7,10-11,14,16,20-21,29H,8-9,12-13,15H2,1H3,(H,24,26)/t20-,21+/m1/s1. The lowest BCUT2D eigenvalue weighted by Crippen LogP contribution is -2.48. The first-order valence-electron chi connectivity index (χ1n) is 10.3. The molecule has 1 aliphatic carbocycles. The molecule has 29 heavy (non-hydrogen) atoms. The third-order valence-electron chi connectivity index (χ3n) is 6.80. The van der Waals surface area contributed by atoms with Gasteiger partial charge in [-0.3, -0.25) is 4.90 Å². The fraction of sp³-hybridized carbons (Fsp3) is 0.391. The molecule has 5 rings (SSSR count). The van der Waals surface area contributed by atoms with Crippen LogP contribution in [0, 0.1) is 0 Å². The number of aromatic nitrogens is 3. The summed E-state index contributed by atoms with van der Waals surface area (Å²) in [6, 6.07) is 12.6. The minimum atomic E-state index is -0.442. The summed E-state index contributed by atoms with van der Waals surface area (Å²) in [5, 5.41) is 14.7. The summed E-state index contributed by atoms with van der Waals surface area (Å²) in [7, 11) is 1.92. The molecule has 2 aliphatic rings. The van der Waals surface area contributed by atoms with Gasteiger partial charge in [-0.15, -0.1) is 0 Å². The van der Waals surface area contributed by atoms with Crippen LogP contribution in [-0.2, 0) is 12.0 Å². The smallest absolute Gasteiger partial charge is 0.130 e. The zero-order valence-corrected chi connectivity index (χ0v) is 16.7. The summed E-state index contributed by atoms with van der Waals surface area (Å²) >= 11 is 0. The number of hydrogen-bond acceptors (Lipinski definition) is 5. The molecule has 0 saturated carbocycles. The summed E-state index contributed by atoms with van der Waals surface area (Å²) in [6.45, 7) is 2.79. The van der Waals surface area contributed by atoms with Gasteiger partial charge in [0.2, 0.25) is 0 Å². The average Bonchev–Trinajstić information content (AvgIpc) is 3.36. The highest BCUT2D eigenvalue weighted by atomic mass is 16.3. The predicted molar refractivity (Wildman–Crippen MR) is 113 cm³/mol. The van der Waals surface area contributed by atoms with Crippen LogP contribution in [0.3, 0.4) is 0 Å². The summed E-state index contributed by atoms with van der Waals surface area (Å²) in [4.78, 5) is 11.1. The Bertz CT molecular complexity index is 978. The number of benzene rings is 1. The van der Waals surface area contributed by atoms with Crippen molar-refractivity contribution in [2.45, 2.75) is 36.9 Å². The van der Waals surface area contributed by atoms with Crippen LogP contribution in [0.1, 0.15) is 35.6 Å². The van der Waals surface area contributed by atoms with E-state index in [1.165, 1.54) is 16.7 Å². The Labute approximate surface area is 171 Å². The number of likely N-dealkylation sites (tertiary alicyclic amines) is 1. The number of pyridine rings is 1. The lowest BCUT2D eigenvalue weighted by Gasteiger charge is -2.43. The van der Waals surface area contributed by atoms with Gasteiger partial charge in [-0.05, 0) is 43.1 Å². The molecule has 150 valence electrons. The fourth-order valence-electron chi connectivity index (χ4n) is 5.31. The molecule has 3 heterocycles. The minimum Gasteiger partial charge on any atom is -0.390 e. The maximum atomic E-state index is 11.5. The minimum absolute atomic E-state index is 0.0607. The zero-order valence-electron chi connectivity index (χ0n) is 16.7. The van der Waals surface area contributed by atoms with Crippen molar-refractivity contribution in [1.82, 2.24) is 19.4 Å². The molecule has 0 amide bonds. The Hall–Kier alpha value is -2.70. The van der Waals surface area contributed by atoms with Crippen LogP contribution in [0.25, 0.3) is 0 Å². The van der Waals surface area contributed by atoms with E-state index < -0.39 is 6.10 Å². The maximum Gasteiger partial charge on any atom is 0.130 e. The monoisotopic (exact) mass is 389 g/mol. The summed E-state index contributed by atoms with van der Waals surface area (Å²) in [6.07, 6.45) is 8.85. The molecule has 2 atom stereocenters. The number of anilines is 1. The summed E-state index contributed by atoms with van der Waals surface area (Å²) in [5.74, 6) is 0.944. The number of fused-ring (bicyclic) bond motifs is 2. The van der Waals surface area contributed by atoms with Gasteiger partial charge in [-0.1, -0.05) is 30.3 Å². The molecule has 1 aliphatic heterocycles. The Morgan fingerprint density at radius 3 is 2.72 bits per heavy atom. The van der Waals surface area contributed by atoms with Crippen LogP contribution in [0.4, 0.5) is 5.82 Å². The van der Waals surface area contributed by atoms with E-state index >= 15 is 0 Å². The number of nitrogens with zero attached hydrogens (tertiary/aromatic N) is 4. The quantitative estimate of drug-likeness (QED) is 0.718. The van der Waals surface area contributed by atoms with Crippen LogP contribution >= 0.6 is 0 Å². The lowest BCUT2D eigenvalue weighted by molar-refractivity contribution is 0.0205. The second-order valence-corrected chi connectivity index (χ2v) is 8.18. The van der Waals surface area contributed by atoms with Crippen molar-refractivity contribution in [2.24, 2.45) is 0 Å². The number of aliphatic hydroxyl groups excluding tert-OH is 1. The molecule has 6 heteroatoms. The number of piperidine rings is 1. The third kappa shape index (κ3) is 2.94. The first-order valence-corrected chi connectivity index (χ1v) is 10.3. The van der Waals surface area contributed by atoms with E-state index in [4.69, 9.17) is 0 Å². The molecule has 2 N–H and O–H groups in total. The molecule has 0 bridgehead atoms. The molecule has 1 saturated heterocycles. The number of nitrogens with one attached hydrogen (secondary N) is 1. The Kier molecular flexibility index (Phi) is 4.60. The molecular formula is C23H27N5O. The number of aliphatic hydroxyl groups is 1. The van der Waals surface area contributed by atoms with Crippen molar-refractivity contribution in [3.05, 3.63) is 78.0 Å². The van der Waals surface area contributed by atoms with Crippen LogP contribution in [0.5, 0.6) is 0 Å². The Morgan fingerprint density at radius 1 is 1.14 bits per heavy atom. The van der Waals surface area contributed by atoms with Crippen molar-refractivity contribution in [3.63, 3.8) is 0 Å². The van der Waals surface area contributed by atoms with Gasteiger partial charge >= 0.3 is 0 Å². The predicted octanol–water partition coefficient (Wildman–Crippen LogP) is 2.82. The van der Waals surface area contributed by atoms with Crippen molar-refractivity contribution < 1.29 is 5.11 Å². The molecular weight excluding hydrogens is 362 g/mol.